The molecular formula is C17H19ClN2. The maximum absolute atomic E-state index is 6.07. The van der Waals surface area contributed by atoms with Crippen molar-refractivity contribution in [1.29, 1.82) is 0 Å². The third kappa shape index (κ3) is 2.67. The highest BCUT2D eigenvalue weighted by Crippen LogP contribution is 2.28. The van der Waals surface area contributed by atoms with E-state index in [0.29, 0.717) is 6.54 Å². The Kier molecular flexibility index (Phi) is 3.95. The van der Waals surface area contributed by atoms with Crippen LogP contribution in [0.5, 0.6) is 0 Å². The van der Waals surface area contributed by atoms with Crippen LogP contribution >= 0.6 is 11.6 Å². The Morgan fingerprint density at radius 3 is 2.70 bits per heavy atom. The molecule has 0 saturated heterocycles. The predicted octanol–water partition coefficient (Wildman–Crippen LogP) is 3.75. The van der Waals surface area contributed by atoms with E-state index in [9.17, 15) is 0 Å². The van der Waals surface area contributed by atoms with Crippen molar-refractivity contribution in [3.05, 3.63) is 64.2 Å². The third-order valence-electron chi connectivity index (χ3n) is 3.96. The van der Waals surface area contributed by atoms with Crippen LogP contribution in [0.1, 0.15) is 23.1 Å². The van der Waals surface area contributed by atoms with Gasteiger partial charge in [-0.15, -0.1) is 0 Å². The average molecular weight is 287 g/mol. The molecule has 2 nitrogen and oxygen atoms in total. The van der Waals surface area contributed by atoms with Gasteiger partial charge in [-0.05, 0) is 47.7 Å². The van der Waals surface area contributed by atoms with Crippen molar-refractivity contribution in [2.75, 3.05) is 11.4 Å². The lowest BCUT2D eigenvalue weighted by Gasteiger charge is -2.26. The van der Waals surface area contributed by atoms with Gasteiger partial charge in [-0.1, -0.05) is 35.9 Å². The predicted molar refractivity (Wildman–Crippen MR) is 85.2 cm³/mol. The Bertz CT molecular complexity index is 610. The Labute approximate surface area is 125 Å². The number of nitrogens with two attached hydrogens (primary N) is 1. The van der Waals surface area contributed by atoms with Gasteiger partial charge >= 0.3 is 0 Å². The number of aryl methyl sites for hydroxylation is 1. The van der Waals surface area contributed by atoms with Gasteiger partial charge in [0, 0.05) is 30.3 Å². The summed E-state index contributed by atoms with van der Waals surface area (Å²) in [6.07, 6.45) is 2.32. The minimum absolute atomic E-state index is 0.522. The summed E-state index contributed by atoms with van der Waals surface area (Å²) in [4.78, 5) is 2.42. The van der Waals surface area contributed by atoms with Crippen LogP contribution in [0.15, 0.2) is 42.5 Å². The molecule has 0 aliphatic carbocycles. The summed E-state index contributed by atoms with van der Waals surface area (Å²) >= 11 is 6.07. The van der Waals surface area contributed by atoms with E-state index in [1.807, 2.05) is 12.1 Å². The van der Waals surface area contributed by atoms with E-state index in [-0.39, 0.29) is 0 Å². The molecule has 0 spiro atoms. The highest BCUT2D eigenvalue weighted by Gasteiger charge is 2.16. The van der Waals surface area contributed by atoms with E-state index >= 15 is 0 Å². The minimum Gasteiger partial charge on any atom is -0.367 e. The first-order chi connectivity index (χ1) is 9.78. The van der Waals surface area contributed by atoms with Crippen LogP contribution in [0.2, 0.25) is 5.02 Å². The van der Waals surface area contributed by atoms with Gasteiger partial charge in [0.05, 0.1) is 0 Å². The summed E-state index contributed by atoms with van der Waals surface area (Å²) in [5.41, 5.74) is 11.1. The van der Waals surface area contributed by atoms with Crippen LogP contribution in [0.4, 0.5) is 5.69 Å². The molecule has 2 aromatic carbocycles. The SMILES string of the molecule is NCc1cc(Cl)ccc1N1CCCc2ccccc2C1. The second kappa shape index (κ2) is 5.86. The maximum atomic E-state index is 6.07. The van der Waals surface area contributed by atoms with Crippen LogP contribution < -0.4 is 10.6 Å². The summed E-state index contributed by atoms with van der Waals surface area (Å²) in [6, 6.07) is 14.7. The fraction of sp³-hybridized carbons (Fsp3) is 0.294. The van der Waals surface area contributed by atoms with Gasteiger partial charge in [0.15, 0.2) is 0 Å². The zero-order chi connectivity index (χ0) is 13.9. The van der Waals surface area contributed by atoms with Gasteiger partial charge in [-0.2, -0.15) is 0 Å². The monoisotopic (exact) mass is 286 g/mol. The second-order valence-corrected chi connectivity index (χ2v) is 5.71. The number of rotatable bonds is 2. The molecule has 1 aliphatic rings. The smallest absolute Gasteiger partial charge is 0.0432 e. The molecule has 0 bridgehead atoms. The number of fused-ring (bicyclic) bond motifs is 1. The quantitative estimate of drug-likeness (QED) is 0.911. The molecule has 104 valence electrons. The largest absolute Gasteiger partial charge is 0.367 e. The molecule has 0 fully saturated rings. The number of nitrogens with zero attached hydrogens (tertiary/aromatic N) is 1. The molecule has 2 N–H and O–H groups in total. The van der Waals surface area contributed by atoms with Crippen molar-refractivity contribution in [1.82, 2.24) is 0 Å². The van der Waals surface area contributed by atoms with E-state index in [4.69, 9.17) is 17.3 Å². The number of anilines is 1. The van der Waals surface area contributed by atoms with Crippen LogP contribution in [0, 0.1) is 0 Å². The van der Waals surface area contributed by atoms with Crippen LogP contribution in [-0.4, -0.2) is 6.54 Å². The molecule has 1 heterocycles. The van der Waals surface area contributed by atoms with E-state index in [0.717, 1.165) is 30.1 Å². The maximum Gasteiger partial charge on any atom is 0.0432 e. The zero-order valence-electron chi connectivity index (χ0n) is 11.5. The molecule has 0 aromatic heterocycles. The van der Waals surface area contributed by atoms with Gasteiger partial charge < -0.3 is 10.6 Å². The molecule has 0 amide bonds. The molecule has 3 heteroatoms. The standard InChI is InChI=1S/C17H19ClN2/c18-16-7-8-17(15(10-16)11-19)20-9-3-6-13-4-1-2-5-14(13)12-20/h1-2,4-5,7-8,10H,3,6,9,11-12,19H2. The van der Waals surface area contributed by atoms with Crippen molar-refractivity contribution in [2.24, 2.45) is 5.73 Å². The molecule has 0 atom stereocenters. The zero-order valence-corrected chi connectivity index (χ0v) is 12.2. The highest BCUT2D eigenvalue weighted by molar-refractivity contribution is 6.30. The first kappa shape index (κ1) is 13.5. The molecule has 0 unspecified atom stereocenters. The molecule has 0 radical (unpaired) electrons. The Morgan fingerprint density at radius 1 is 1.10 bits per heavy atom. The number of hydrogen-bond donors (Lipinski definition) is 1. The lowest BCUT2D eigenvalue weighted by molar-refractivity contribution is 0.760. The fourth-order valence-electron chi connectivity index (χ4n) is 2.93. The summed E-state index contributed by atoms with van der Waals surface area (Å²) in [7, 11) is 0. The average Bonchev–Trinajstić information content (AvgIpc) is 2.69. The molecule has 2 aromatic rings. The van der Waals surface area contributed by atoms with Crippen molar-refractivity contribution in [2.45, 2.75) is 25.9 Å². The van der Waals surface area contributed by atoms with Crippen LogP contribution in [0.3, 0.4) is 0 Å². The van der Waals surface area contributed by atoms with E-state index in [2.05, 4.69) is 35.2 Å². The summed E-state index contributed by atoms with van der Waals surface area (Å²) in [6.45, 7) is 2.53. The van der Waals surface area contributed by atoms with Crippen molar-refractivity contribution in [3.8, 4) is 0 Å². The van der Waals surface area contributed by atoms with E-state index in [1.54, 1.807) is 0 Å². The molecule has 3 rings (SSSR count). The topological polar surface area (TPSA) is 29.3 Å². The minimum atomic E-state index is 0.522. The molecule has 1 aliphatic heterocycles. The first-order valence-corrected chi connectivity index (χ1v) is 7.46. The van der Waals surface area contributed by atoms with E-state index in [1.165, 1.54) is 23.2 Å². The highest BCUT2D eigenvalue weighted by atomic mass is 35.5. The Morgan fingerprint density at radius 2 is 1.90 bits per heavy atom. The third-order valence-corrected chi connectivity index (χ3v) is 4.19. The molecule has 20 heavy (non-hydrogen) atoms. The molecule has 0 saturated carbocycles. The van der Waals surface area contributed by atoms with E-state index < -0.39 is 0 Å². The summed E-state index contributed by atoms with van der Waals surface area (Å²) < 4.78 is 0. The Hall–Kier alpha value is -1.51. The first-order valence-electron chi connectivity index (χ1n) is 7.08. The lowest BCUT2D eigenvalue weighted by Crippen LogP contribution is -2.24. The fourth-order valence-corrected chi connectivity index (χ4v) is 3.13. The summed E-state index contributed by atoms with van der Waals surface area (Å²) in [5.74, 6) is 0. The second-order valence-electron chi connectivity index (χ2n) is 5.27. The normalized spacial score (nSPS) is 14.8. The van der Waals surface area contributed by atoms with Gasteiger partial charge in [0.25, 0.3) is 0 Å². The molecular weight excluding hydrogens is 268 g/mol. The Balaban J connectivity index is 1.95. The van der Waals surface area contributed by atoms with Crippen molar-refractivity contribution < 1.29 is 0 Å². The van der Waals surface area contributed by atoms with Crippen LogP contribution in [0.25, 0.3) is 0 Å². The van der Waals surface area contributed by atoms with Gasteiger partial charge in [0.1, 0.15) is 0 Å². The summed E-state index contributed by atoms with van der Waals surface area (Å²) in [5, 5.41) is 0.754. The van der Waals surface area contributed by atoms with Gasteiger partial charge in [-0.3, -0.25) is 0 Å². The van der Waals surface area contributed by atoms with Crippen molar-refractivity contribution >= 4 is 17.3 Å². The lowest BCUT2D eigenvalue weighted by atomic mass is 10.0. The number of hydrogen-bond acceptors (Lipinski definition) is 2. The van der Waals surface area contributed by atoms with Crippen LogP contribution in [-0.2, 0) is 19.5 Å². The van der Waals surface area contributed by atoms with Gasteiger partial charge in [-0.25, -0.2) is 0 Å². The van der Waals surface area contributed by atoms with Crippen molar-refractivity contribution in [3.63, 3.8) is 0 Å². The van der Waals surface area contributed by atoms with Gasteiger partial charge in [0.2, 0.25) is 0 Å². The number of halogens is 1. The number of benzene rings is 2.